The summed E-state index contributed by atoms with van der Waals surface area (Å²) in [6.45, 7) is 5.48. The summed E-state index contributed by atoms with van der Waals surface area (Å²) in [7, 11) is -2.42. The summed E-state index contributed by atoms with van der Waals surface area (Å²) < 4.78 is 40.1. The number of methoxy groups -OCH3 is 1. The fourth-order valence-corrected chi connectivity index (χ4v) is 6.19. The van der Waals surface area contributed by atoms with Gasteiger partial charge in [-0.3, -0.25) is 9.10 Å². The van der Waals surface area contributed by atoms with Crippen LogP contribution in [0, 0.1) is 6.92 Å². The molecule has 0 saturated carbocycles. The molecule has 0 aliphatic carbocycles. The molecule has 0 saturated heterocycles. The zero-order valence-electron chi connectivity index (χ0n) is 21.6. The zero-order chi connectivity index (χ0) is 26.8. The molecule has 4 rings (SSSR count). The van der Waals surface area contributed by atoms with Crippen LogP contribution in [0.3, 0.4) is 0 Å². The van der Waals surface area contributed by atoms with E-state index in [1.807, 2.05) is 57.4 Å². The Bertz CT molecular complexity index is 1370. The molecule has 0 aromatic heterocycles. The monoisotopic (exact) mass is 540 g/mol. The third-order valence-electron chi connectivity index (χ3n) is 6.27. The molecule has 0 radical (unpaired) electrons. The van der Waals surface area contributed by atoms with Crippen molar-refractivity contribution < 1.29 is 22.7 Å². The predicted molar refractivity (Wildman–Crippen MR) is 147 cm³/mol. The minimum atomic E-state index is -4.00. The lowest BCUT2D eigenvalue weighted by molar-refractivity contribution is -0.120. The first-order chi connectivity index (χ1) is 17.5. The Morgan fingerprint density at radius 3 is 2.41 bits per heavy atom. The highest BCUT2D eigenvalue weighted by atomic mass is 32.2. The number of thioether (sulfide) groups is 1. The highest BCUT2D eigenvalue weighted by Gasteiger charge is 2.36. The van der Waals surface area contributed by atoms with E-state index in [-0.39, 0.29) is 17.5 Å². The van der Waals surface area contributed by atoms with Crippen molar-refractivity contribution in [3.8, 4) is 11.5 Å². The Hall–Kier alpha value is -3.17. The van der Waals surface area contributed by atoms with Gasteiger partial charge in [0, 0.05) is 16.9 Å². The van der Waals surface area contributed by atoms with Crippen LogP contribution in [0.15, 0.2) is 76.5 Å². The third-order valence-corrected chi connectivity index (χ3v) is 8.80. The summed E-state index contributed by atoms with van der Waals surface area (Å²) >= 11 is 1.53. The summed E-state index contributed by atoms with van der Waals surface area (Å²) in [4.78, 5) is 14.5. The maximum absolute atomic E-state index is 13.7. The van der Waals surface area contributed by atoms with Gasteiger partial charge in [0.2, 0.25) is 5.91 Å². The smallest absolute Gasteiger partial charge is 0.264 e. The summed E-state index contributed by atoms with van der Waals surface area (Å²) in [5, 5.41) is 3.05. The zero-order valence-corrected chi connectivity index (χ0v) is 23.3. The SMILES string of the molecule is COc1ccc2c(c1)C(NC(=O)CN(c1ccc(C)cc1)S(=O)(=O)c1ccc(SC)cc1)CC(C)(C)O2. The van der Waals surface area contributed by atoms with Crippen LogP contribution >= 0.6 is 11.8 Å². The number of amides is 1. The number of ether oxygens (including phenoxy) is 2. The van der Waals surface area contributed by atoms with Crippen molar-refractivity contribution in [3.63, 3.8) is 0 Å². The van der Waals surface area contributed by atoms with Crippen LogP contribution in [0.5, 0.6) is 11.5 Å². The van der Waals surface area contributed by atoms with Crippen LogP contribution in [-0.2, 0) is 14.8 Å². The van der Waals surface area contributed by atoms with E-state index in [0.29, 0.717) is 23.6 Å². The predicted octanol–water partition coefficient (Wildman–Crippen LogP) is 5.34. The van der Waals surface area contributed by atoms with Crippen LogP contribution in [0.25, 0.3) is 0 Å². The number of nitrogens with one attached hydrogen (secondary N) is 1. The molecular weight excluding hydrogens is 508 g/mol. The van der Waals surface area contributed by atoms with Crippen molar-refractivity contribution in [1.82, 2.24) is 5.32 Å². The normalized spacial score (nSPS) is 16.3. The van der Waals surface area contributed by atoms with Crippen molar-refractivity contribution in [3.05, 3.63) is 77.9 Å². The van der Waals surface area contributed by atoms with Gasteiger partial charge in [0.1, 0.15) is 23.6 Å². The van der Waals surface area contributed by atoms with Gasteiger partial charge in [-0.05, 0) is 81.6 Å². The molecule has 1 atom stereocenters. The maximum Gasteiger partial charge on any atom is 0.264 e. The minimum Gasteiger partial charge on any atom is -0.497 e. The molecule has 1 aliphatic heterocycles. The summed E-state index contributed by atoms with van der Waals surface area (Å²) in [6, 6.07) is 18.9. The van der Waals surface area contributed by atoms with Crippen LogP contribution in [-0.4, -0.2) is 39.8 Å². The minimum absolute atomic E-state index is 0.126. The molecule has 3 aromatic carbocycles. The number of nitrogens with zero attached hydrogens (tertiary/aromatic N) is 1. The number of carbonyl (C=O) groups is 1. The number of carbonyl (C=O) groups excluding carboxylic acids is 1. The molecule has 9 heteroatoms. The molecule has 0 fully saturated rings. The Balaban J connectivity index is 1.65. The third kappa shape index (κ3) is 6.05. The van der Waals surface area contributed by atoms with Crippen molar-refractivity contribution in [1.29, 1.82) is 0 Å². The molecule has 0 spiro atoms. The quantitative estimate of drug-likeness (QED) is 0.388. The summed E-state index contributed by atoms with van der Waals surface area (Å²) in [6.07, 6.45) is 2.45. The first kappa shape index (κ1) is 26.9. The van der Waals surface area contributed by atoms with Gasteiger partial charge < -0.3 is 14.8 Å². The van der Waals surface area contributed by atoms with E-state index in [0.717, 1.165) is 20.3 Å². The molecule has 7 nitrogen and oxygen atoms in total. The van der Waals surface area contributed by atoms with Gasteiger partial charge in [0.25, 0.3) is 10.0 Å². The van der Waals surface area contributed by atoms with Gasteiger partial charge in [0.15, 0.2) is 0 Å². The molecule has 3 aromatic rings. The van der Waals surface area contributed by atoms with Gasteiger partial charge in [-0.2, -0.15) is 0 Å². The molecule has 196 valence electrons. The van der Waals surface area contributed by atoms with E-state index in [2.05, 4.69) is 5.32 Å². The molecule has 1 unspecified atom stereocenters. The van der Waals surface area contributed by atoms with E-state index >= 15 is 0 Å². The molecule has 1 N–H and O–H groups in total. The topological polar surface area (TPSA) is 84.9 Å². The van der Waals surface area contributed by atoms with Crippen LogP contribution in [0.1, 0.15) is 37.4 Å². The van der Waals surface area contributed by atoms with Gasteiger partial charge in [-0.25, -0.2) is 8.42 Å². The second-order valence-electron chi connectivity index (χ2n) is 9.61. The lowest BCUT2D eigenvalue weighted by Gasteiger charge is -2.38. The largest absolute Gasteiger partial charge is 0.497 e. The van der Waals surface area contributed by atoms with E-state index < -0.39 is 21.5 Å². The highest BCUT2D eigenvalue weighted by molar-refractivity contribution is 7.98. The lowest BCUT2D eigenvalue weighted by atomic mass is 9.89. The Morgan fingerprint density at radius 2 is 1.78 bits per heavy atom. The van der Waals surface area contributed by atoms with Crippen LogP contribution in [0.4, 0.5) is 5.69 Å². The maximum atomic E-state index is 13.7. The van der Waals surface area contributed by atoms with E-state index in [1.54, 1.807) is 43.5 Å². The van der Waals surface area contributed by atoms with Gasteiger partial charge in [0.05, 0.1) is 23.7 Å². The molecule has 1 heterocycles. The van der Waals surface area contributed by atoms with Gasteiger partial charge in [-0.15, -0.1) is 11.8 Å². The Labute approximate surface area is 223 Å². The first-order valence-electron chi connectivity index (χ1n) is 11.9. The van der Waals surface area contributed by atoms with E-state index in [4.69, 9.17) is 9.47 Å². The number of anilines is 1. The molecule has 0 bridgehead atoms. The number of fused-ring (bicyclic) bond motifs is 1. The van der Waals surface area contributed by atoms with E-state index in [1.165, 1.54) is 11.8 Å². The second-order valence-corrected chi connectivity index (χ2v) is 12.4. The Kier molecular flexibility index (Phi) is 7.75. The molecule has 37 heavy (non-hydrogen) atoms. The first-order valence-corrected chi connectivity index (χ1v) is 14.6. The highest BCUT2D eigenvalue weighted by Crippen LogP contribution is 2.41. The Morgan fingerprint density at radius 1 is 1.11 bits per heavy atom. The number of hydrogen-bond donors (Lipinski definition) is 1. The van der Waals surface area contributed by atoms with E-state index in [9.17, 15) is 13.2 Å². The molecule has 1 amide bonds. The van der Waals surface area contributed by atoms with Crippen molar-refractivity contribution in [2.45, 2.75) is 48.6 Å². The fourth-order valence-electron chi connectivity index (χ4n) is 4.36. The van der Waals surface area contributed by atoms with Crippen molar-refractivity contribution in [2.75, 3.05) is 24.2 Å². The average Bonchev–Trinajstić information content (AvgIpc) is 2.87. The number of benzene rings is 3. The summed E-state index contributed by atoms with van der Waals surface area (Å²) in [5.41, 5.74) is 1.69. The number of aryl methyl sites for hydroxylation is 1. The van der Waals surface area contributed by atoms with Crippen molar-refractivity contribution >= 4 is 33.4 Å². The molecular formula is C28H32N2O5S2. The average molecular weight is 541 g/mol. The number of sulfonamides is 1. The lowest BCUT2D eigenvalue weighted by Crippen LogP contribution is -2.45. The van der Waals surface area contributed by atoms with Gasteiger partial charge >= 0.3 is 0 Å². The standard InChI is InChI=1S/C28H32N2O5S2/c1-19-6-8-20(9-7-19)30(37(32,33)23-13-11-22(36-5)12-14-23)18-27(31)29-25-17-28(2,3)35-26-15-10-21(34-4)16-24(25)26/h6-16,25H,17-18H2,1-5H3,(H,29,31). The second kappa shape index (κ2) is 10.7. The summed E-state index contributed by atoms with van der Waals surface area (Å²) in [5.74, 6) is 0.902. The van der Waals surface area contributed by atoms with Gasteiger partial charge in [-0.1, -0.05) is 17.7 Å². The fraction of sp³-hybridized carbons (Fsp3) is 0.321. The number of rotatable bonds is 8. The molecule has 1 aliphatic rings. The van der Waals surface area contributed by atoms with Crippen LogP contribution in [0.2, 0.25) is 0 Å². The van der Waals surface area contributed by atoms with Crippen LogP contribution < -0.4 is 19.1 Å². The number of hydrogen-bond acceptors (Lipinski definition) is 6. The van der Waals surface area contributed by atoms with Crippen molar-refractivity contribution in [2.24, 2.45) is 0 Å².